The van der Waals surface area contributed by atoms with Crippen molar-refractivity contribution in [2.24, 2.45) is 0 Å². The number of benzene rings is 2. The Kier molecular flexibility index (Phi) is 4.37. The van der Waals surface area contributed by atoms with Gasteiger partial charge in [0.15, 0.2) is 0 Å². The van der Waals surface area contributed by atoms with E-state index in [4.69, 9.17) is 0 Å². The van der Waals surface area contributed by atoms with E-state index in [2.05, 4.69) is 25.8 Å². The molecule has 3 aromatic rings. The minimum atomic E-state index is 0.407. The van der Waals surface area contributed by atoms with E-state index in [1.165, 1.54) is 12.7 Å². The van der Waals surface area contributed by atoms with Gasteiger partial charge in [-0.1, -0.05) is 60.7 Å². The smallest absolute Gasteiger partial charge is 0.244 e. The zero-order valence-electron chi connectivity index (χ0n) is 11.8. The molecule has 0 saturated carbocycles. The van der Waals surface area contributed by atoms with Gasteiger partial charge in [-0.25, -0.2) is 10.4 Å². The van der Waals surface area contributed by atoms with Gasteiger partial charge in [-0.15, -0.1) is 0 Å². The van der Waals surface area contributed by atoms with E-state index in [1.807, 2.05) is 66.7 Å². The molecule has 1 heterocycles. The van der Waals surface area contributed by atoms with Crippen LogP contribution < -0.4 is 10.9 Å². The number of rotatable bonds is 5. The number of nitrogens with one attached hydrogen (secondary N) is 1. The molecule has 5 heteroatoms. The van der Waals surface area contributed by atoms with Crippen LogP contribution in [0.1, 0.15) is 11.1 Å². The Balaban J connectivity index is 1.85. The van der Waals surface area contributed by atoms with E-state index >= 15 is 0 Å². The number of aromatic nitrogens is 3. The van der Waals surface area contributed by atoms with Crippen LogP contribution in [0.15, 0.2) is 73.3 Å². The molecule has 3 rings (SSSR count). The fraction of sp³-hybridized carbons (Fsp3) is 0. The van der Waals surface area contributed by atoms with E-state index in [1.54, 1.807) is 0 Å². The standard InChI is InChI=1S/C17H14N5/c1-3-7-14(8-4-1)11-16(15-9-5-2-6-10-15)21-22-17-19-12-18-13-20-17/h1-13H,(H,18,19,20,22). The zero-order valence-corrected chi connectivity index (χ0v) is 11.8. The Labute approximate surface area is 128 Å². The second kappa shape index (κ2) is 6.99. The molecule has 1 aromatic heterocycles. The summed E-state index contributed by atoms with van der Waals surface area (Å²) in [5, 5.41) is 0. The first-order chi connectivity index (χ1) is 10.9. The summed E-state index contributed by atoms with van der Waals surface area (Å²) in [6.45, 7) is 0. The lowest BCUT2D eigenvalue weighted by molar-refractivity contribution is 0.963. The summed E-state index contributed by atoms with van der Waals surface area (Å²) >= 11 is 0. The first kappa shape index (κ1) is 13.8. The lowest BCUT2D eigenvalue weighted by atomic mass is 10.1. The Morgan fingerprint density at radius 2 is 1.50 bits per heavy atom. The predicted molar refractivity (Wildman–Crippen MR) is 86.3 cm³/mol. The maximum atomic E-state index is 4.42. The van der Waals surface area contributed by atoms with E-state index in [-0.39, 0.29) is 0 Å². The second-order valence-electron chi connectivity index (χ2n) is 4.49. The van der Waals surface area contributed by atoms with Crippen molar-refractivity contribution < 1.29 is 0 Å². The highest BCUT2D eigenvalue weighted by atomic mass is 15.4. The van der Waals surface area contributed by atoms with Crippen LogP contribution >= 0.6 is 0 Å². The van der Waals surface area contributed by atoms with Crippen molar-refractivity contribution >= 4 is 17.7 Å². The van der Waals surface area contributed by atoms with Crippen molar-refractivity contribution in [2.75, 3.05) is 5.43 Å². The molecule has 1 radical (unpaired) electrons. The quantitative estimate of drug-likeness (QED) is 0.579. The van der Waals surface area contributed by atoms with Crippen molar-refractivity contribution in [3.05, 3.63) is 84.4 Å². The van der Waals surface area contributed by atoms with Crippen LogP contribution in [-0.2, 0) is 0 Å². The predicted octanol–water partition coefficient (Wildman–Crippen LogP) is 3.00. The number of hydrogen-bond acceptors (Lipinski definition) is 4. The minimum absolute atomic E-state index is 0.407. The molecule has 0 amide bonds. The highest BCUT2D eigenvalue weighted by molar-refractivity contribution is 5.80. The van der Waals surface area contributed by atoms with Gasteiger partial charge in [0.05, 0.1) is 5.70 Å². The minimum Gasteiger partial charge on any atom is -0.244 e. The van der Waals surface area contributed by atoms with Gasteiger partial charge in [-0.05, 0) is 11.6 Å². The molecule has 0 unspecified atom stereocenters. The Morgan fingerprint density at radius 3 is 2.18 bits per heavy atom. The summed E-state index contributed by atoms with van der Waals surface area (Å²) < 4.78 is 0. The SMILES string of the molecule is C(=C([N]Nc1ncncn1)c1ccccc1)c1ccccc1. The van der Waals surface area contributed by atoms with Gasteiger partial charge in [0.25, 0.3) is 0 Å². The number of nitrogens with zero attached hydrogens (tertiary/aromatic N) is 4. The summed E-state index contributed by atoms with van der Waals surface area (Å²) in [4.78, 5) is 11.8. The topological polar surface area (TPSA) is 64.8 Å². The van der Waals surface area contributed by atoms with Gasteiger partial charge < -0.3 is 0 Å². The molecule has 0 bridgehead atoms. The molecule has 22 heavy (non-hydrogen) atoms. The van der Waals surface area contributed by atoms with E-state index in [0.717, 1.165) is 16.8 Å². The summed E-state index contributed by atoms with van der Waals surface area (Å²) in [6, 6.07) is 20.0. The summed E-state index contributed by atoms with van der Waals surface area (Å²) in [6.07, 6.45) is 4.85. The fourth-order valence-corrected chi connectivity index (χ4v) is 1.90. The molecular weight excluding hydrogens is 274 g/mol. The lowest BCUT2D eigenvalue weighted by Crippen LogP contribution is -2.14. The molecule has 0 fully saturated rings. The highest BCUT2D eigenvalue weighted by Gasteiger charge is 2.04. The average Bonchev–Trinajstić information content (AvgIpc) is 2.61. The van der Waals surface area contributed by atoms with Crippen molar-refractivity contribution in [3.63, 3.8) is 0 Å². The first-order valence-electron chi connectivity index (χ1n) is 6.83. The molecule has 107 valence electrons. The summed E-state index contributed by atoms with van der Waals surface area (Å²) in [7, 11) is 0. The van der Waals surface area contributed by atoms with E-state index < -0.39 is 0 Å². The lowest BCUT2D eigenvalue weighted by Gasteiger charge is -2.09. The Bertz CT molecular complexity index is 727. The third-order valence-electron chi connectivity index (χ3n) is 2.94. The largest absolute Gasteiger partial charge is 0.246 e. The van der Waals surface area contributed by atoms with Gasteiger partial charge in [0.2, 0.25) is 5.95 Å². The van der Waals surface area contributed by atoms with Crippen LogP contribution in [0.4, 0.5) is 5.95 Å². The van der Waals surface area contributed by atoms with Gasteiger partial charge >= 0.3 is 0 Å². The second-order valence-corrected chi connectivity index (χ2v) is 4.49. The van der Waals surface area contributed by atoms with Crippen molar-refractivity contribution in [3.8, 4) is 0 Å². The molecule has 2 aromatic carbocycles. The maximum absolute atomic E-state index is 4.42. The van der Waals surface area contributed by atoms with Gasteiger partial charge in [-0.2, -0.15) is 15.4 Å². The zero-order chi connectivity index (χ0) is 15.0. The fourth-order valence-electron chi connectivity index (χ4n) is 1.90. The van der Waals surface area contributed by atoms with Gasteiger partial charge in [0.1, 0.15) is 12.7 Å². The highest BCUT2D eigenvalue weighted by Crippen LogP contribution is 2.16. The maximum Gasteiger partial charge on any atom is 0.246 e. The molecular formula is C17H14N5. The van der Waals surface area contributed by atoms with Crippen LogP contribution in [-0.4, -0.2) is 15.0 Å². The van der Waals surface area contributed by atoms with Gasteiger partial charge in [0, 0.05) is 5.56 Å². The molecule has 0 atom stereocenters. The first-order valence-corrected chi connectivity index (χ1v) is 6.83. The van der Waals surface area contributed by atoms with Crippen molar-refractivity contribution in [1.82, 2.24) is 20.4 Å². The van der Waals surface area contributed by atoms with Crippen molar-refractivity contribution in [2.45, 2.75) is 0 Å². The third-order valence-corrected chi connectivity index (χ3v) is 2.94. The Morgan fingerprint density at radius 1 is 0.864 bits per heavy atom. The monoisotopic (exact) mass is 288 g/mol. The molecule has 0 saturated heterocycles. The van der Waals surface area contributed by atoms with Crippen LogP contribution in [0.2, 0.25) is 0 Å². The molecule has 0 aliphatic carbocycles. The Hall–Kier alpha value is -3.21. The number of anilines is 1. The average molecular weight is 288 g/mol. The van der Waals surface area contributed by atoms with Crippen LogP contribution in [0.3, 0.4) is 0 Å². The third kappa shape index (κ3) is 3.67. The number of hydrogen-bond donors (Lipinski definition) is 1. The van der Waals surface area contributed by atoms with Crippen LogP contribution in [0.25, 0.3) is 11.8 Å². The molecule has 0 aliphatic heterocycles. The summed E-state index contributed by atoms with van der Waals surface area (Å²) in [5.74, 6) is 0.407. The van der Waals surface area contributed by atoms with E-state index in [9.17, 15) is 0 Å². The molecule has 1 N–H and O–H groups in total. The molecule has 5 nitrogen and oxygen atoms in total. The normalized spacial score (nSPS) is 11.0. The summed E-state index contributed by atoms with van der Waals surface area (Å²) in [5.41, 5.74) is 10.2. The van der Waals surface area contributed by atoms with Crippen molar-refractivity contribution in [1.29, 1.82) is 0 Å². The van der Waals surface area contributed by atoms with Crippen LogP contribution in [0.5, 0.6) is 0 Å². The van der Waals surface area contributed by atoms with Gasteiger partial charge in [-0.3, -0.25) is 0 Å². The van der Waals surface area contributed by atoms with Crippen LogP contribution in [0, 0.1) is 0 Å². The van der Waals surface area contributed by atoms with E-state index in [0.29, 0.717) is 5.95 Å². The molecule has 0 aliphatic rings. The molecule has 0 spiro atoms.